The molecule has 0 aromatic heterocycles. The first-order valence-electron chi connectivity index (χ1n) is 6.39. The molecular weight excluding hydrogens is 313 g/mol. The predicted molar refractivity (Wildman–Crippen MR) is 74.5 cm³/mol. The summed E-state index contributed by atoms with van der Waals surface area (Å²) in [5, 5.41) is 9.48. The molecule has 2 rings (SSSR count). The zero-order chi connectivity index (χ0) is 14.0. The molecule has 0 spiro atoms. The minimum absolute atomic E-state index is 0.0780. The van der Waals surface area contributed by atoms with Crippen LogP contribution in [0, 0.1) is 5.82 Å². The van der Waals surface area contributed by atoms with Crippen molar-refractivity contribution >= 4 is 21.8 Å². The number of amides is 1. The van der Waals surface area contributed by atoms with Gasteiger partial charge < -0.3 is 10.0 Å². The summed E-state index contributed by atoms with van der Waals surface area (Å²) in [5.41, 5.74) is 0.0861. The molecule has 1 saturated carbocycles. The highest BCUT2D eigenvalue weighted by Gasteiger charge is 2.27. The molecule has 1 amide bonds. The summed E-state index contributed by atoms with van der Waals surface area (Å²) in [6, 6.07) is 4.44. The standard InChI is InChI=1S/C14H17BrFNO2/c1-17(10-3-5-11(18)6-4-10)14(19)12-8-9(15)2-7-13(12)16/h2,7-8,10-11,18H,3-6H2,1H3. The molecule has 0 bridgehead atoms. The van der Waals surface area contributed by atoms with Gasteiger partial charge in [-0.2, -0.15) is 0 Å². The van der Waals surface area contributed by atoms with E-state index >= 15 is 0 Å². The summed E-state index contributed by atoms with van der Waals surface area (Å²) in [5.74, 6) is -0.809. The Morgan fingerprint density at radius 1 is 1.37 bits per heavy atom. The second kappa shape index (κ2) is 6.01. The fourth-order valence-electron chi connectivity index (χ4n) is 2.46. The maximum atomic E-state index is 13.7. The van der Waals surface area contributed by atoms with Crippen molar-refractivity contribution in [3.05, 3.63) is 34.1 Å². The van der Waals surface area contributed by atoms with Gasteiger partial charge in [0.25, 0.3) is 5.91 Å². The predicted octanol–water partition coefficient (Wildman–Crippen LogP) is 2.96. The molecule has 1 N–H and O–H groups in total. The normalized spacial score (nSPS) is 23.2. The number of carbonyl (C=O) groups is 1. The van der Waals surface area contributed by atoms with Crippen molar-refractivity contribution < 1.29 is 14.3 Å². The smallest absolute Gasteiger partial charge is 0.256 e. The average molecular weight is 330 g/mol. The SMILES string of the molecule is CN(C(=O)c1cc(Br)ccc1F)C1CCC(O)CC1. The fourth-order valence-corrected chi connectivity index (χ4v) is 2.82. The second-order valence-corrected chi connectivity index (χ2v) is 5.92. The Labute approximate surface area is 120 Å². The Bertz CT molecular complexity index is 473. The Hall–Kier alpha value is -0.940. The number of nitrogens with zero attached hydrogens (tertiary/aromatic N) is 1. The number of aliphatic hydroxyl groups excluding tert-OH is 1. The fraction of sp³-hybridized carbons (Fsp3) is 0.500. The van der Waals surface area contributed by atoms with E-state index in [1.807, 2.05) is 0 Å². The number of rotatable bonds is 2. The highest BCUT2D eigenvalue weighted by atomic mass is 79.9. The lowest BCUT2D eigenvalue weighted by atomic mass is 9.92. The second-order valence-electron chi connectivity index (χ2n) is 5.00. The first kappa shape index (κ1) is 14.5. The highest BCUT2D eigenvalue weighted by Crippen LogP contribution is 2.24. The lowest BCUT2D eigenvalue weighted by Crippen LogP contribution is -2.40. The lowest BCUT2D eigenvalue weighted by Gasteiger charge is -2.33. The number of carbonyl (C=O) groups excluding carboxylic acids is 1. The maximum absolute atomic E-state index is 13.7. The lowest BCUT2D eigenvalue weighted by molar-refractivity contribution is 0.0565. The van der Waals surface area contributed by atoms with Crippen LogP contribution in [0.3, 0.4) is 0 Å². The molecule has 104 valence electrons. The topological polar surface area (TPSA) is 40.5 Å². The quantitative estimate of drug-likeness (QED) is 0.906. The molecule has 1 aliphatic rings. The average Bonchev–Trinajstić information content (AvgIpc) is 2.41. The Kier molecular flexibility index (Phi) is 4.58. The summed E-state index contributed by atoms with van der Waals surface area (Å²) in [6.07, 6.45) is 2.66. The first-order chi connectivity index (χ1) is 8.99. The molecule has 1 fully saturated rings. The van der Waals surface area contributed by atoms with E-state index in [2.05, 4.69) is 15.9 Å². The third-order valence-corrected chi connectivity index (χ3v) is 4.19. The number of halogens is 2. The third-order valence-electron chi connectivity index (χ3n) is 3.69. The molecule has 3 nitrogen and oxygen atoms in total. The molecule has 19 heavy (non-hydrogen) atoms. The van der Waals surface area contributed by atoms with Crippen molar-refractivity contribution in [3.63, 3.8) is 0 Å². The van der Waals surface area contributed by atoms with Crippen LogP contribution in [-0.4, -0.2) is 35.1 Å². The van der Waals surface area contributed by atoms with Gasteiger partial charge in [0.05, 0.1) is 11.7 Å². The maximum Gasteiger partial charge on any atom is 0.256 e. The molecule has 0 unspecified atom stereocenters. The minimum atomic E-state index is -0.504. The number of hydrogen-bond acceptors (Lipinski definition) is 2. The number of benzene rings is 1. The van der Waals surface area contributed by atoms with E-state index in [9.17, 15) is 14.3 Å². The third kappa shape index (κ3) is 3.34. The van der Waals surface area contributed by atoms with Crippen LogP contribution in [0.4, 0.5) is 4.39 Å². The van der Waals surface area contributed by atoms with Gasteiger partial charge in [-0.15, -0.1) is 0 Å². The van der Waals surface area contributed by atoms with Crippen LogP contribution < -0.4 is 0 Å². The van der Waals surface area contributed by atoms with Crippen molar-refractivity contribution in [2.24, 2.45) is 0 Å². The number of hydrogen-bond donors (Lipinski definition) is 1. The van der Waals surface area contributed by atoms with E-state index in [-0.39, 0.29) is 23.6 Å². The Balaban J connectivity index is 2.12. The van der Waals surface area contributed by atoms with E-state index in [4.69, 9.17) is 0 Å². The Morgan fingerprint density at radius 3 is 2.63 bits per heavy atom. The van der Waals surface area contributed by atoms with Crippen molar-refractivity contribution in [2.45, 2.75) is 37.8 Å². The molecule has 0 atom stereocenters. The minimum Gasteiger partial charge on any atom is -0.393 e. The van der Waals surface area contributed by atoms with Crippen LogP contribution in [0.15, 0.2) is 22.7 Å². The van der Waals surface area contributed by atoms with Gasteiger partial charge in [-0.1, -0.05) is 15.9 Å². The van der Waals surface area contributed by atoms with Crippen molar-refractivity contribution in [1.29, 1.82) is 0 Å². The summed E-state index contributed by atoms with van der Waals surface area (Å²) in [7, 11) is 1.70. The molecule has 1 aliphatic carbocycles. The van der Waals surface area contributed by atoms with E-state index < -0.39 is 5.82 Å². The molecule has 1 aromatic rings. The van der Waals surface area contributed by atoms with Crippen LogP contribution in [-0.2, 0) is 0 Å². The molecular formula is C14H17BrFNO2. The summed E-state index contributed by atoms with van der Waals surface area (Å²) in [4.78, 5) is 13.9. The van der Waals surface area contributed by atoms with Gasteiger partial charge in [0.15, 0.2) is 0 Å². The van der Waals surface area contributed by atoms with Crippen molar-refractivity contribution in [3.8, 4) is 0 Å². The summed E-state index contributed by atoms with van der Waals surface area (Å²) >= 11 is 3.25. The van der Waals surface area contributed by atoms with Gasteiger partial charge in [0.1, 0.15) is 5.82 Å². The zero-order valence-electron chi connectivity index (χ0n) is 10.8. The van der Waals surface area contributed by atoms with E-state index in [0.717, 1.165) is 12.8 Å². The zero-order valence-corrected chi connectivity index (χ0v) is 12.4. The Morgan fingerprint density at radius 2 is 2.00 bits per heavy atom. The van der Waals surface area contributed by atoms with Gasteiger partial charge in [-0.25, -0.2) is 4.39 Å². The molecule has 1 aromatic carbocycles. The van der Waals surface area contributed by atoms with Crippen LogP contribution in [0.1, 0.15) is 36.0 Å². The molecule has 5 heteroatoms. The van der Waals surface area contributed by atoms with Crippen LogP contribution in [0.5, 0.6) is 0 Å². The molecule has 0 heterocycles. The summed E-state index contributed by atoms with van der Waals surface area (Å²) < 4.78 is 14.4. The van der Waals surface area contributed by atoms with Crippen LogP contribution in [0.25, 0.3) is 0 Å². The van der Waals surface area contributed by atoms with Crippen LogP contribution in [0.2, 0.25) is 0 Å². The highest BCUT2D eigenvalue weighted by molar-refractivity contribution is 9.10. The van der Waals surface area contributed by atoms with E-state index in [1.54, 1.807) is 18.0 Å². The van der Waals surface area contributed by atoms with Crippen LogP contribution >= 0.6 is 15.9 Å². The number of aliphatic hydroxyl groups is 1. The van der Waals surface area contributed by atoms with Gasteiger partial charge in [0, 0.05) is 17.6 Å². The van der Waals surface area contributed by atoms with Crippen molar-refractivity contribution in [1.82, 2.24) is 4.90 Å². The van der Waals surface area contributed by atoms with E-state index in [1.165, 1.54) is 12.1 Å². The van der Waals surface area contributed by atoms with Gasteiger partial charge in [-0.05, 0) is 43.9 Å². The molecule has 0 aliphatic heterocycles. The molecule has 0 radical (unpaired) electrons. The van der Waals surface area contributed by atoms with Gasteiger partial charge in [-0.3, -0.25) is 4.79 Å². The molecule has 0 saturated heterocycles. The van der Waals surface area contributed by atoms with E-state index in [0.29, 0.717) is 17.3 Å². The first-order valence-corrected chi connectivity index (χ1v) is 7.18. The van der Waals surface area contributed by atoms with Crippen molar-refractivity contribution in [2.75, 3.05) is 7.05 Å². The van der Waals surface area contributed by atoms with Gasteiger partial charge in [0.2, 0.25) is 0 Å². The van der Waals surface area contributed by atoms with Gasteiger partial charge >= 0.3 is 0 Å². The largest absolute Gasteiger partial charge is 0.393 e. The monoisotopic (exact) mass is 329 g/mol. The summed E-state index contributed by atoms with van der Waals surface area (Å²) in [6.45, 7) is 0.